The molecule has 1 atom stereocenters. The number of ether oxygens (including phenoxy) is 2. The molecule has 0 fully saturated rings. The maximum Gasteiger partial charge on any atom is 0.573 e. The predicted molar refractivity (Wildman–Crippen MR) is 75.4 cm³/mol. The molecule has 20 heavy (non-hydrogen) atoms. The van der Waals surface area contributed by atoms with Crippen LogP contribution >= 0.6 is 15.9 Å². The summed E-state index contributed by atoms with van der Waals surface area (Å²) in [6, 6.07) is 5.79. The van der Waals surface area contributed by atoms with Crippen molar-refractivity contribution in [2.24, 2.45) is 11.3 Å². The zero-order chi connectivity index (χ0) is 15.4. The van der Waals surface area contributed by atoms with Gasteiger partial charge >= 0.3 is 6.36 Å². The molecule has 0 N–H and O–H groups in total. The van der Waals surface area contributed by atoms with Gasteiger partial charge in [-0.25, -0.2) is 0 Å². The van der Waals surface area contributed by atoms with Gasteiger partial charge in [-0.3, -0.25) is 0 Å². The van der Waals surface area contributed by atoms with Crippen LogP contribution in [0.2, 0.25) is 0 Å². The smallest absolute Gasteiger partial charge is 0.489 e. The van der Waals surface area contributed by atoms with Gasteiger partial charge in [0.05, 0.1) is 6.61 Å². The Hall–Kier alpha value is -0.910. The van der Waals surface area contributed by atoms with Gasteiger partial charge in [-0.2, -0.15) is 0 Å². The summed E-state index contributed by atoms with van der Waals surface area (Å²) in [5, 5.41) is 0.707. The summed E-state index contributed by atoms with van der Waals surface area (Å²) < 4.78 is 46.3. The molecule has 0 saturated carbocycles. The molecule has 0 radical (unpaired) electrons. The molecule has 0 aliphatic heterocycles. The summed E-state index contributed by atoms with van der Waals surface area (Å²) in [6.45, 7) is 6.48. The summed E-state index contributed by atoms with van der Waals surface area (Å²) in [4.78, 5) is 0. The Bertz CT molecular complexity index is 427. The summed E-state index contributed by atoms with van der Waals surface area (Å²) >= 11 is 3.40. The third-order valence-corrected chi connectivity index (χ3v) is 3.71. The van der Waals surface area contributed by atoms with Crippen LogP contribution in [0.4, 0.5) is 13.2 Å². The van der Waals surface area contributed by atoms with Gasteiger partial charge in [-0.15, -0.1) is 13.2 Å². The van der Waals surface area contributed by atoms with Crippen molar-refractivity contribution in [3.8, 4) is 11.5 Å². The van der Waals surface area contributed by atoms with Crippen LogP contribution in [0, 0.1) is 11.3 Å². The average Bonchev–Trinajstić information content (AvgIpc) is 2.28. The fraction of sp³-hybridized carbons (Fsp3) is 0.571. The van der Waals surface area contributed by atoms with Gasteiger partial charge in [0.1, 0.15) is 0 Å². The van der Waals surface area contributed by atoms with E-state index in [1.54, 1.807) is 6.07 Å². The molecule has 0 aliphatic rings. The lowest BCUT2D eigenvalue weighted by atomic mass is 9.83. The van der Waals surface area contributed by atoms with Gasteiger partial charge in [0.15, 0.2) is 11.5 Å². The number of halogens is 4. The maximum atomic E-state index is 12.3. The lowest BCUT2D eigenvalue weighted by Gasteiger charge is -2.29. The number of hydrogen-bond acceptors (Lipinski definition) is 2. The number of rotatable bonds is 5. The fourth-order valence-electron chi connectivity index (χ4n) is 1.49. The van der Waals surface area contributed by atoms with E-state index in [4.69, 9.17) is 4.74 Å². The minimum Gasteiger partial charge on any atom is -0.489 e. The largest absolute Gasteiger partial charge is 0.573 e. The molecule has 0 aliphatic carbocycles. The van der Waals surface area contributed by atoms with Crippen molar-refractivity contribution in [1.82, 2.24) is 0 Å². The molecule has 1 rings (SSSR count). The summed E-state index contributed by atoms with van der Waals surface area (Å²) in [7, 11) is 0. The summed E-state index contributed by atoms with van der Waals surface area (Å²) in [5.74, 6) is -0.0521. The second-order valence-electron chi connectivity index (χ2n) is 5.52. The van der Waals surface area contributed by atoms with Crippen LogP contribution in [0.15, 0.2) is 24.3 Å². The Labute approximate surface area is 125 Å². The molecule has 0 spiro atoms. The first kappa shape index (κ1) is 17.1. The number of benzene rings is 1. The van der Waals surface area contributed by atoms with Crippen molar-refractivity contribution >= 4 is 15.9 Å². The normalized spacial score (nSPS) is 13.9. The zero-order valence-corrected chi connectivity index (χ0v) is 13.2. The molecule has 0 saturated heterocycles. The summed E-state index contributed by atoms with van der Waals surface area (Å²) in [6.07, 6.45) is -4.72. The Morgan fingerprint density at radius 3 is 2.10 bits per heavy atom. The van der Waals surface area contributed by atoms with Crippen LogP contribution in [0.3, 0.4) is 0 Å². The van der Waals surface area contributed by atoms with Gasteiger partial charge in [-0.05, 0) is 17.5 Å². The molecular weight excluding hydrogens is 337 g/mol. The molecule has 0 aromatic heterocycles. The average molecular weight is 355 g/mol. The van der Waals surface area contributed by atoms with E-state index < -0.39 is 6.36 Å². The highest BCUT2D eigenvalue weighted by Crippen LogP contribution is 2.34. The van der Waals surface area contributed by atoms with Crippen molar-refractivity contribution in [1.29, 1.82) is 0 Å². The van der Waals surface area contributed by atoms with Crippen molar-refractivity contribution in [2.45, 2.75) is 27.1 Å². The molecule has 6 heteroatoms. The lowest BCUT2D eigenvalue weighted by molar-refractivity contribution is -0.275. The fourth-order valence-corrected chi connectivity index (χ4v) is 2.65. The first-order valence-corrected chi connectivity index (χ1v) is 7.29. The molecular formula is C14H18BrF3O2. The van der Waals surface area contributed by atoms with E-state index >= 15 is 0 Å². The van der Waals surface area contributed by atoms with Crippen molar-refractivity contribution in [3.05, 3.63) is 24.3 Å². The highest BCUT2D eigenvalue weighted by atomic mass is 79.9. The van der Waals surface area contributed by atoms with Gasteiger partial charge in [0.2, 0.25) is 0 Å². The van der Waals surface area contributed by atoms with E-state index in [1.165, 1.54) is 18.2 Å². The Morgan fingerprint density at radius 1 is 1.10 bits per heavy atom. The molecule has 0 amide bonds. The minimum absolute atomic E-state index is 0.0106. The predicted octanol–water partition coefficient (Wildman–Crippen LogP) is 5.02. The van der Waals surface area contributed by atoms with Crippen LogP contribution in [0.5, 0.6) is 11.5 Å². The first-order valence-electron chi connectivity index (χ1n) is 6.17. The third kappa shape index (κ3) is 5.61. The first-order chi connectivity index (χ1) is 9.13. The highest BCUT2D eigenvalue weighted by molar-refractivity contribution is 9.09. The van der Waals surface area contributed by atoms with Gasteiger partial charge in [0, 0.05) is 11.2 Å². The lowest BCUT2D eigenvalue weighted by Crippen LogP contribution is -2.28. The van der Waals surface area contributed by atoms with E-state index in [9.17, 15) is 13.2 Å². The second-order valence-corrected chi connectivity index (χ2v) is 6.17. The molecule has 2 nitrogen and oxygen atoms in total. The van der Waals surface area contributed by atoms with Crippen molar-refractivity contribution < 1.29 is 22.6 Å². The Kier molecular flexibility index (Phi) is 5.74. The minimum atomic E-state index is -4.72. The standard InChI is InChI=1S/C14H18BrF3O2/c1-13(2,3)10(8-15)9-19-11-6-4-5-7-12(11)20-14(16,17)18/h4-7,10H,8-9H2,1-3H3. The molecule has 0 heterocycles. The monoisotopic (exact) mass is 354 g/mol. The number of alkyl halides is 4. The van der Waals surface area contributed by atoms with Crippen molar-refractivity contribution in [2.75, 3.05) is 11.9 Å². The van der Waals surface area contributed by atoms with Gasteiger partial charge in [0.25, 0.3) is 0 Å². The van der Waals surface area contributed by atoms with E-state index in [1.807, 2.05) is 0 Å². The SMILES string of the molecule is CC(C)(C)C(CBr)COc1ccccc1OC(F)(F)F. The Morgan fingerprint density at radius 2 is 1.65 bits per heavy atom. The topological polar surface area (TPSA) is 18.5 Å². The number of hydrogen-bond donors (Lipinski definition) is 0. The molecule has 1 unspecified atom stereocenters. The van der Waals surface area contributed by atoms with Crippen LogP contribution < -0.4 is 9.47 Å². The van der Waals surface area contributed by atoms with Gasteiger partial charge < -0.3 is 9.47 Å². The quantitative estimate of drug-likeness (QED) is 0.691. The zero-order valence-electron chi connectivity index (χ0n) is 11.6. The van der Waals surface area contributed by atoms with Gasteiger partial charge in [-0.1, -0.05) is 48.8 Å². The highest BCUT2D eigenvalue weighted by Gasteiger charge is 2.32. The van der Waals surface area contributed by atoms with Crippen molar-refractivity contribution in [3.63, 3.8) is 0 Å². The van der Waals surface area contributed by atoms with E-state index in [-0.39, 0.29) is 22.8 Å². The Balaban J connectivity index is 2.78. The second kappa shape index (κ2) is 6.70. The van der Waals surface area contributed by atoms with Crippen LogP contribution in [0.25, 0.3) is 0 Å². The van der Waals surface area contributed by atoms with E-state index in [0.29, 0.717) is 11.9 Å². The van der Waals surface area contributed by atoms with Crippen LogP contribution in [-0.4, -0.2) is 18.3 Å². The number of para-hydroxylation sites is 2. The maximum absolute atomic E-state index is 12.3. The van der Waals surface area contributed by atoms with E-state index in [2.05, 4.69) is 41.4 Å². The van der Waals surface area contributed by atoms with E-state index in [0.717, 1.165) is 0 Å². The molecule has 114 valence electrons. The summed E-state index contributed by atoms with van der Waals surface area (Å²) in [5.41, 5.74) is -0.0106. The molecule has 0 bridgehead atoms. The third-order valence-electron chi connectivity index (χ3n) is 2.93. The molecule has 1 aromatic rings. The van der Waals surface area contributed by atoms with Crippen LogP contribution in [0.1, 0.15) is 20.8 Å². The van der Waals surface area contributed by atoms with Crippen LogP contribution in [-0.2, 0) is 0 Å². The molecule has 1 aromatic carbocycles.